The lowest BCUT2D eigenvalue weighted by Gasteiger charge is -2.24. The fraction of sp³-hybridized carbons (Fsp3) is 0.417. The van der Waals surface area contributed by atoms with Crippen LogP contribution in [0.2, 0.25) is 5.02 Å². The van der Waals surface area contributed by atoms with Crippen LogP contribution < -0.4 is 0 Å². The summed E-state index contributed by atoms with van der Waals surface area (Å²) in [6, 6.07) is 0.708. The van der Waals surface area contributed by atoms with Gasteiger partial charge in [-0.2, -0.15) is 0 Å². The molecule has 1 rings (SSSR count). The van der Waals surface area contributed by atoms with Gasteiger partial charge in [0, 0.05) is 18.9 Å². The van der Waals surface area contributed by atoms with Crippen molar-refractivity contribution in [3.63, 3.8) is 0 Å². The van der Waals surface area contributed by atoms with Gasteiger partial charge < -0.3 is 10.0 Å². The Morgan fingerprint density at radius 2 is 2.17 bits per heavy atom. The van der Waals surface area contributed by atoms with Crippen LogP contribution in [0.4, 0.5) is 0 Å². The molecule has 0 fully saturated rings. The smallest absolute Gasteiger partial charge is 0.326 e. The third-order valence-electron chi connectivity index (χ3n) is 2.68. The zero-order chi connectivity index (χ0) is 13.9. The number of aliphatic carboxylic acids is 1. The highest BCUT2D eigenvalue weighted by Crippen LogP contribution is 2.18. The summed E-state index contributed by atoms with van der Waals surface area (Å²) >= 11 is 5.96. The van der Waals surface area contributed by atoms with Crippen molar-refractivity contribution >= 4 is 23.5 Å². The zero-order valence-corrected chi connectivity index (χ0v) is 11.2. The molecule has 18 heavy (non-hydrogen) atoms. The minimum absolute atomic E-state index is 0.212. The van der Waals surface area contributed by atoms with E-state index >= 15 is 0 Å². The van der Waals surface area contributed by atoms with Crippen molar-refractivity contribution in [2.24, 2.45) is 0 Å². The molecule has 1 aromatic rings. The molecule has 0 aliphatic rings. The molecule has 1 atom stereocenters. The lowest BCUT2D eigenvalue weighted by Crippen LogP contribution is -2.42. The van der Waals surface area contributed by atoms with E-state index in [1.807, 2.05) is 0 Å². The summed E-state index contributed by atoms with van der Waals surface area (Å²) in [5.41, 5.74) is 0.911. The zero-order valence-electron chi connectivity index (χ0n) is 10.5. The van der Waals surface area contributed by atoms with Gasteiger partial charge in [0.25, 0.3) is 5.91 Å². The van der Waals surface area contributed by atoms with Gasteiger partial charge in [0.05, 0.1) is 10.6 Å². The molecule has 1 unspecified atom stereocenters. The number of rotatable bonds is 4. The standard InChI is InChI=1S/C12H15ClN2O3/c1-4-10(12(17)18)15(3)11(16)8-6-14-7(2)5-9(8)13/h5-6,10H,4H2,1-3H3,(H,17,18). The van der Waals surface area contributed by atoms with Gasteiger partial charge in [-0.15, -0.1) is 0 Å². The van der Waals surface area contributed by atoms with Crippen molar-refractivity contribution in [2.75, 3.05) is 7.05 Å². The van der Waals surface area contributed by atoms with Crippen LogP contribution >= 0.6 is 11.6 Å². The lowest BCUT2D eigenvalue weighted by atomic mass is 10.1. The summed E-state index contributed by atoms with van der Waals surface area (Å²) < 4.78 is 0. The second-order valence-electron chi connectivity index (χ2n) is 3.98. The molecule has 6 heteroatoms. The van der Waals surface area contributed by atoms with Crippen LogP contribution in [-0.4, -0.2) is 40.0 Å². The molecule has 1 N–H and O–H groups in total. The van der Waals surface area contributed by atoms with Crippen LogP contribution in [0, 0.1) is 6.92 Å². The molecular formula is C12H15ClN2O3. The molecule has 0 aliphatic heterocycles. The van der Waals surface area contributed by atoms with Gasteiger partial charge in [-0.1, -0.05) is 18.5 Å². The number of pyridine rings is 1. The van der Waals surface area contributed by atoms with Crippen molar-refractivity contribution < 1.29 is 14.7 Å². The van der Waals surface area contributed by atoms with E-state index in [1.54, 1.807) is 19.9 Å². The first-order valence-electron chi connectivity index (χ1n) is 5.50. The average molecular weight is 271 g/mol. The Morgan fingerprint density at radius 1 is 1.56 bits per heavy atom. The molecule has 0 aliphatic carbocycles. The van der Waals surface area contributed by atoms with Crippen molar-refractivity contribution in [1.29, 1.82) is 0 Å². The Kier molecular flexibility index (Phi) is 4.67. The number of likely N-dealkylation sites (N-methyl/N-ethyl adjacent to an activating group) is 1. The van der Waals surface area contributed by atoms with Gasteiger partial charge >= 0.3 is 5.97 Å². The van der Waals surface area contributed by atoms with Gasteiger partial charge in [-0.05, 0) is 19.4 Å². The molecule has 0 bridgehead atoms. The summed E-state index contributed by atoms with van der Waals surface area (Å²) in [5, 5.41) is 9.29. The number of carboxylic acids is 1. The number of carbonyl (C=O) groups is 2. The molecule has 0 spiro atoms. The Labute approximate surface area is 110 Å². The molecule has 1 amide bonds. The fourth-order valence-electron chi connectivity index (χ4n) is 1.63. The second-order valence-corrected chi connectivity index (χ2v) is 4.39. The number of hydrogen-bond donors (Lipinski definition) is 1. The largest absolute Gasteiger partial charge is 0.480 e. The molecule has 0 saturated heterocycles. The van der Waals surface area contributed by atoms with Crippen LogP contribution in [0.5, 0.6) is 0 Å². The summed E-state index contributed by atoms with van der Waals surface area (Å²) in [5.74, 6) is -1.48. The van der Waals surface area contributed by atoms with Crippen LogP contribution in [-0.2, 0) is 4.79 Å². The second kappa shape index (κ2) is 5.82. The Morgan fingerprint density at radius 3 is 2.61 bits per heavy atom. The van der Waals surface area contributed by atoms with Crippen LogP contribution in [0.3, 0.4) is 0 Å². The highest BCUT2D eigenvalue weighted by Gasteiger charge is 2.26. The maximum Gasteiger partial charge on any atom is 0.326 e. The quantitative estimate of drug-likeness (QED) is 0.908. The maximum absolute atomic E-state index is 12.1. The Bertz CT molecular complexity index is 476. The number of carboxylic acid groups (broad SMARTS) is 1. The third-order valence-corrected chi connectivity index (χ3v) is 2.99. The van der Waals surface area contributed by atoms with Crippen molar-refractivity contribution in [1.82, 2.24) is 9.88 Å². The first-order valence-corrected chi connectivity index (χ1v) is 5.88. The van der Waals surface area contributed by atoms with Crippen molar-refractivity contribution in [3.05, 3.63) is 28.5 Å². The minimum Gasteiger partial charge on any atom is -0.480 e. The predicted molar refractivity (Wildman–Crippen MR) is 67.8 cm³/mol. The summed E-state index contributed by atoms with van der Waals surface area (Å²) in [4.78, 5) is 28.3. The van der Waals surface area contributed by atoms with E-state index in [4.69, 9.17) is 16.7 Å². The van der Waals surface area contributed by atoms with E-state index in [0.29, 0.717) is 12.1 Å². The SMILES string of the molecule is CCC(C(=O)O)N(C)C(=O)c1cnc(C)cc1Cl. The number of halogens is 1. The van der Waals surface area contributed by atoms with E-state index < -0.39 is 17.9 Å². The highest BCUT2D eigenvalue weighted by molar-refractivity contribution is 6.33. The number of nitrogens with zero attached hydrogens (tertiary/aromatic N) is 2. The molecule has 5 nitrogen and oxygen atoms in total. The molecule has 0 radical (unpaired) electrons. The predicted octanol–water partition coefficient (Wildman–Crippen LogP) is 1.98. The molecule has 0 aromatic carbocycles. The molecule has 1 heterocycles. The number of carbonyl (C=O) groups excluding carboxylic acids is 1. The van der Waals surface area contributed by atoms with Crippen LogP contribution in [0.25, 0.3) is 0 Å². The van der Waals surface area contributed by atoms with Crippen molar-refractivity contribution in [3.8, 4) is 0 Å². The van der Waals surface area contributed by atoms with Gasteiger partial charge in [0.2, 0.25) is 0 Å². The number of aromatic nitrogens is 1. The van der Waals surface area contributed by atoms with Crippen LogP contribution in [0.15, 0.2) is 12.3 Å². The molecule has 98 valence electrons. The van der Waals surface area contributed by atoms with Gasteiger partial charge in [0.1, 0.15) is 6.04 Å². The third kappa shape index (κ3) is 2.98. The molecular weight excluding hydrogens is 256 g/mol. The van der Waals surface area contributed by atoms with Gasteiger partial charge in [-0.25, -0.2) is 4.79 Å². The first kappa shape index (κ1) is 14.4. The highest BCUT2D eigenvalue weighted by atomic mass is 35.5. The molecule has 0 saturated carbocycles. The van der Waals surface area contributed by atoms with E-state index in [0.717, 1.165) is 0 Å². The number of hydrogen-bond acceptors (Lipinski definition) is 3. The topological polar surface area (TPSA) is 70.5 Å². The summed E-state index contributed by atoms with van der Waals surface area (Å²) in [7, 11) is 1.45. The van der Waals surface area contributed by atoms with Gasteiger partial charge in [0.15, 0.2) is 0 Å². The normalized spacial score (nSPS) is 12.0. The van der Waals surface area contributed by atoms with Crippen LogP contribution in [0.1, 0.15) is 29.4 Å². The summed E-state index contributed by atoms with van der Waals surface area (Å²) in [6.45, 7) is 3.47. The average Bonchev–Trinajstić information content (AvgIpc) is 2.28. The number of aryl methyl sites for hydroxylation is 1. The minimum atomic E-state index is -1.04. The van der Waals surface area contributed by atoms with Crippen molar-refractivity contribution in [2.45, 2.75) is 26.3 Å². The lowest BCUT2D eigenvalue weighted by molar-refractivity contribution is -0.142. The first-order chi connectivity index (χ1) is 8.38. The molecule has 1 aromatic heterocycles. The van der Waals surface area contributed by atoms with E-state index in [2.05, 4.69) is 4.98 Å². The summed E-state index contributed by atoms with van der Waals surface area (Å²) in [6.07, 6.45) is 1.69. The van der Waals surface area contributed by atoms with E-state index in [-0.39, 0.29) is 10.6 Å². The number of amides is 1. The monoisotopic (exact) mass is 270 g/mol. The Hall–Kier alpha value is -1.62. The maximum atomic E-state index is 12.1. The van der Waals surface area contributed by atoms with E-state index in [1.165, 1.54) is 18.1 Å². The fourth-order valence-corrected chi connectivity index (χ4v) is 1.92. The Balaban J connectivity index is 3.02. The van der Waals surface area contributed by atoms with E-state index in [9.17, 15) is 9.59 Å². The van der Waals surface area contributed by atoms with Gasteiger partial charge in [-0.3, -0.25) is 9.78 Å².